The van der Waals surface area contributed by atoms with Crippen LogP contribution in [0.3, 0.4) is 0 Å². The van der Waals surface area contributed by atoms with E-state index in [-0.39, 0.29) is 46.3 Å². The van der Waals surface area contributed by atoms with Gasteiger partial charge >= 0.3 is 5.97 Å². The number of nitrogens with zero attached hydrogens (tertiary/aromatic N) is 1. The van der Waals surface area contributed by atoms with E-state index in [2.05, 4.69) is 107 Å². The first-order valence-electron chi connectivity index (χ1n) is 16.9. The lowest BCUT2D eigenvalue weighted by Gasteiger charge is -2.48. The minimum absolute atomic E-state index is 0.0442. The van der Waals surface area contributed by atoms with Gasteiger partial charge in [0.1, 0.15) is 6.10 Å². The first kappa shape index (κ1) is 33.3. The number of hydrogen-bond donors (Lipinski definition) is 1. The van der Waals surface area contributed by atoms with Crippen LogP contribution in [0.4, 0.5) is 0 Å². The molecule has 1 fully saturated rings. The van der Waals surface area contributed by atoms with Crippen LogP contribution in [0.25, 0.3) is 0 Å². The van der Waals surface area contributed by atoms with Gasteiger partial charge in [-0.15, -0.1) is 0 Å². The van der Waals surface area contributed by atoms with Crippen LogP contribution in [-0.4, -0.2) is 24.4 Å². The fourth-order valence-electron chi connectivity index (χ4n) is 7.76. The summed E-state index contributed by atoms with van der Waals surface area (Å²) in [5.74, 6) is -0.795. The van der Waals surface area contributed by atoms with E-state index < -0.39 is 19.9 Å². The number of benzene rings is 1. The minimum atomic E-state index is -2.19. The van der Waals surface area contributed by atoms with Gasteiger partial charge in [0.2, 0.25) is 0 Å². The second-order valence-corrected chi connectivity index (χ2v) is 22.3. The molecule has 3 aliphatic rings. The molecule has 1 aromatic heterocycles. The molecule has 0 amide bonds. The van der Waals surface area contributed by atoms with Crippen LogP contribution in [0.5, 0.6) is 0 Å². The first-order chi connectivity index (χ1) is 20.2. The van der Waals surface area contributed by atoms with Crippen molar-refractivity contribution in [2.24, 2.45) is 5.41 Å². The van der Waals surface area contributed by atoms with Crippen molar-refractivity contribution in [2.75, 3.05) is 0 Å². The third-order valence-electron chi connectivity index (χ3n) is 11.4. The van der Waals surface area contributed by atoms with E-state index in [0.29, 0.717) is 0 Å². The van der Waals surface area contributed by atoms with Crippen molar-refractivity contribution in [1.82, 2.24) is 4.98 Å². The third-order valence-corrected chi connectivity index (χ3v) is 15.8. The molecule has 1 saturated carbocycles. The molecular formula is C38H57NO4Si. The van der Waals surface area contributed by atoms with Gasteiger partial charge in [-0.2, -0.15) is 0 Å². The van der Waals surface area contributed by atoms with Crippen LogP contribution in [0.1, 0.15) is 171 Å². The molecule has 1 N–H and O–H groups in total. The topological polar surface area (TPSA) is 68.7 Å². The fourth-order valence-corrected chi connectivity index (χ4v) is 9.03. The largest absolute Gasteiger partial charge is 0.481 e. The molecule has 0 unspecified atom stereocenters. The monoisotopic (exact) mass is 619 g/mol. The van der Waals surface area contributed by atoms with Gasteiger partial charge in [-0.1, -0.05) is 106 Å². The number of ether oxygens (including phenoxy) is 1. The predicted octanol–water partition coefficient (Wildman–Crippen LogP) is 10.4. The smallest absolute Gasteiger partial charge is 0.304 e. The number of carboxylic acids is 1. The van der Waals surface area contributed by atoms with Crippen molar-refractivity contribution in [1.29, 1.82) is 0 Å². The molecule has 0 bridgehead atoms. The molecule has 2 aromatic rings. The zero-order valence-electron chi connectivity index (χ0n) is 29.5. The molecular weight excluding hydrogens is 563 g/mol. The lowest BCUT2D eigenvalue weighted by atomic mass is 9.63. The summed E-state index contributed by atoms with van der Waals surface area (Å²) < 4.78 is 14.7. The molecule has 0 saturated heterocycles. The second-order valence-electron chi connectivity index (χ2n) is 17.5. The highest BCUT2D eigenvalue weighted by atomic mass is 28.4. The average Bonchev–Trinajstić information content (AvgIpc) is 3.49. The highest BCUT2D eigenvalue weighted by Gasteiger charge is 2.55. The van der Waals surface area contributed by atoms with E-state index in [9.17, 15) is 9.90 Å². The Labute approximate surface area is 267 Å². The summed E-state index contributed by atoms with van der Waals surface area (Å²) in [6, 6.07) is 9.03. The van der Waals surface area contributed by atoms with Gasteiger partial charge in [0.25, 0.3) is 0 Å². The lowest BCUT2D eigenvalue weighted by Crippen LogP contribution is -2.45. The van der Waals surface area contributed by atoms with E-state index >= 15 is 0 Å². The van der Waals surface area contributed by atoms with Crippen molar-refractivity contribution >= 4 is 14.3 Å². The number of rotatable bonds is 6. The molecule has 1 aliphatic heterocycles. The van der Waals surface area contributed by atoms with Crippen LogP contribution in [0, 0.1) is 5.41 Å². The highest BCUT2D eigenvalue weighted by molar-refractivity contribution is 6.74. The maximum atomic E-state index is 12.4. The van der Waals surface area contributed by atoms with Gasteiger partial charge in [-0.3, -0.25) is 9.78 Å². The molecule has 5 rings (SSSR count). The van der Waals surface area contributed by atoms with Crippen LogP contribution < -0.4 is 0 Å². The van der Waals surface area contributed by atoms with Crippen molar-refractivity contribution in [2.45, 2.75) is 161 Å². The standard InChI is InChI=1S/C38H57NO4Si/c1-23(2)32-30-31(38(19-13-14-20-38)42-34(30)24-15-17-25(18-16-24)35(3,4)5)29-27(43-44(11,12)36(6,7)8)22-37(9,10)26(21-28(40)41)33(29)39-32/h15-18,23,26-27,34H,13-14,19-22H2,1-12H3,(H,40,41)/t26-,27-,34+/m0/s1. The van der Waals surface area contributed by atoms with E-state index in [4.69, 9.17) is 14.1 Å². The molecule has 0 radical (unpaired) electrons. The number of hydrogen-bond acceptors (Lipinski definition) is 4. The summed E-state index contributed by atoms with van der Waals surface area (Å²) in [5.41, 5.74) is 7.57. The summed E-state index contributed by atoms with van der Waals surface area (Å²) >= 11 is 0. The molecule has 3 atom stereocenters. The number of fused-ring (bicyclic) bond motifs is 4. The fraction of sp³-hybridized carbons (Fsp3) is 0.684. The number of aromatic nitrogens is 1. The molecule has 44 heavy (non-hydrogen) atoms. The Hall–Kier alpha value is -2.02. The Bertz CT molecular complexity index is 1400. The van der Waals surface area contributed by atoms with E-state index in [1.807, 2.05) is 0 Å². The van der Waals surface area contributed by atoms with Crippen LogP contribution in [-0.2, 0) is 25.0 Å². The summed E-state index contributed by atoms with van der Waals surface area (Å²) in [6.07, 6.45) is 4.71. The maximum absolute atomic E-state index is 12.4. The SMILES string of the molecule is CC(C)c1nc2c(c3c1[C@@H](c1ccc(C(C)(C)C)cc1)OC31CCCC1)[C@@H](O[Si](C)(C)C(C)(C)C)CC(C)(C)[C@H]2CC(=O)O. The molecule has 1 spiro atoms. The van der Waals surface area contributed by atoms with Gasteiger partial charge in [-0.05, 0) is 70.8 Å². The van der Waals surface area contributed by atoms with Gasteiger partial charge in [0.05, 0.1) is 23.8 Å². The van der Waals surface area contributed by atoms with E-state index in [1.54, 1.807) is 0 Å². The van der Waals surface area contributed by atoms with Crippen molar-refractivity contribution < 1.29 is 19.1 Å². The van der Waals surface area contributed by atoms with Gasteiger partial charge < -0.3 is 14.3 Å². The van der Waals surface area contributed by atoms with Gasteiger partial charge in [-0.25, -0.2) is 0 Å². The Morgan fingerprint density at radius 1 is 1.05 bits per heavy atom. The van der Waals surface area contributed by atoms with Crippen LogP contribution >= 0.6 is 0 Å². The van der Waals surface area contributed by atoms with Crippen molar-refractivity contribution in [3.63, 3.8) is 0 Å². The summed E-state index contributed by atoms with van der Waals surface area (Å²) in [5, 5.41) is 10.2. The van der Waals surface area contributed by atoms with Crippen molar-refractivity contribution in [3.05, 3.63) is 63.5 Å². The van der Waals surface area contributed by atoms with Crippen molar-refractivity contribution in [3.8, 4) is 0 Å². The number of carboxylic acid groups (broad SMARTS) is 1. The summed E-state index contributed by atoms with van der Waals surface area (Å²) in [4.78, 5) is 17.9. The number of pyridine rings is 1. The lowest BCUT2D eigenvalue weighted by molar-refractivity contribution is -0.138. The molecule has 242 valence electrons. The maximum Gasteiger partial charge on any atom is 0.304 e. The van der Waals surface area contributed by atoms with Gasteiger partial charge in [0.15, 0.2) is 8.32 Å². The molecule has 2 aliphatic carbocycles. The Morgan fingerprint density at radius 3 is 2.14 bits per heavy atom. The highest BCUT2D eigenvalue weighted by Crippen LogP contribution is 2.62. The Morgan fingerprint density at radius 2 is 1.64 bits per heavy atom. The van der Waals surface area contributed by atoms with E-state index in [0.717, 1.165) is 49.1 Å². The second kappa shape index (κ2) is 11.1. The number of aliphatic carboxylic acids is 1. The Balaban J connectivity index is 1.82. The quantitative estimate of drug-likeness (QED) is 0.326. The summed E-state index contributed by atoms with van der Waals surface area (Å²) in [6.45, 7) is 27.2. The first-order valence-corrected chi connectivity index (χ1v) is 19.9. The van der Waals surface area contributed by atoms with Crippen LogP contribution in [0.2, 0.25) is 18.1 Å². The zero-order valence-corrected chi connectivity index (χ0v) is 30.5. The zero-order chi connectivity index (χ0) is 32.6. The number of carbonyl (C=O) groups is 1. The summed E-state index contributed by atoms with van der Waals surface area (Å²) in [7, 11) is -2.19. The van der Waals surface area contributed by atoms with Gasteiger partial charge in [0, 0.05) is 22.7 Å². The van der Waals surface area contributed by atoms with Crippen LogP contribution in [0.15, 0.2) is 24.3 Å². The minimum Gasteiger partial charge on any atom is -0.481 e. The Kier molecular flexibility index (Phi) is 8.38. The third kappa shape index (κ3) is 5.73. The normalized spacial score (nSPS) is 24.5. The predicted molar refractivity (Wildman–Crippen MR) is 181 cm³/mol. The molecule has 5 nitrogen and oxygen atoms in total. The molecule has 6 heteroatoms. The van der Waals surface area contributed by atoms with E-state index in [1.165, 1.54) is 22.3 Å². The molecule has 1 aromatic carbocycles. The average molecular weight is 620 g/mol. The molecule has 2 heterocycles.